The average molecular weight is 362 g/mol. The molecule has 1 heterocycles. The maximum absolute atomic E-state index is 13.6. The van der Waals surface area contributed by atoms with Gasteiger partial charge in [0.25, 0.3) is 0 Å². The first-order valence-corrected chi connectivity index (χ1v) is 6.26. The monoisotopic (exact) mass is 362 g/mol. The molecule has 1 aromatic heterocycles. The number of nitrogen functional groups attached to an aromatic ring is 1. The molecule has 0 aliphatic carbocycles. The van der Waals surface area contributed by atoms with Crippen molar-refractivity contribution in [2.75, 3.05) is 5.73 Å². The third kappa shape index (κ3) is 1.82. The smallest absolute Gasteiger partial charge is 0.243 e. The first kappa shape index (κ1) is 13.1. The van der Waals surface area contributed by atoms with Gasteiger partial charge in [0, 0.05) is 6.07 Å². The number of rotatable bonds is 2. The number of fused-ring (bicyclic) bond motifs is 1. The molecule has 0 radical (unpaired) electrons. The van der Waals surface area contributed by atoms with Gasteiger partial charge >= 0.3 is 0 Å². The Morgan fingerprint density at radius 2 is 2.11 bits per heavy atom. The molecule has 96 valence electrons. The molecule has 0 spiro atoms. The summed E-state index contributed by atoms with van der Waals surface area (Å²) in [4.78, 5) is 15.6. The summed E-state index contributed by atoms with van der Waals surface area (Å²) in [6.45, 7) is 3.23. The molecule has 2 aromatic rings. The fourth-order valence-electron chi connectivity index (χ4n) is 1.79. The van der Waals surface area contributed by atoms with Crippen LogP contribution in [0.3, 0.4) is 0 Å². The number of nitrogens with zero attached hydrogens (tertiary/aromatic N) is 2. The van der Waals surface area contributed by atoms with Crippen LogP contribution in [0.25, 0.3) is 11.0 Å². The molecular weight excluding hydrogens is 350 g/mol. The van der Waals surface area contributed by atoms with E-state index in [4.69, 9.17) is 11.5 Å². The van der Waals surface area contributed by atoms with Crippen LogP contribution >= 0.6 is 22.6 Å². The third-order valence-corrected chi connectivity index (χ3v) is 3.71. The second-order valence-electron chi connectivity index (χ2n) is 4.48. The fourth-order valence-corrected chi connectivity index (χ4v) is 2.24. The van der Waals surface area contributed by atoms with Crippen molar-refractivity contribution in [3.8, 4) is 0 Å². The minimum absolute atomic E-state index is 0.134. The number of hydrogen-bond donors (Lipinski definition) is 2. The molecule has 2 rings (SSSR count). The molecule has 0 bridgehead atoms. The lowest BCUT2D eigenvalue weighted by Crippen LogP contribution is -2.41. The molecular formula is C11H12FIN4O. The quantitative estimate of drug-likeness (QED) is 0.796. The van der Waals surface area contributed by atoms with Crippen LogP contribution < -0.4 is 11.5 Å². The van der Waals surface area contributed by atoms with Gasteiger partial charge in [-0.2, -0.15) is 0 Å². The predicted octanol–water partition coefficient (Wildman–Crippen LogP) is 1.58. The van der Waals surface area contributed by atoms with Crippen molar-refractivity contribution in [1.82, 2.24) is 9.55 Å². The standard InChI is InChI=1S/C11H12FIN4O/c1-11(2,9(14)18)17-8-3-5(12)6(13)4-7(8)16-10(17)15/h3-4H,1-2H3,(H2,14,18)(H2,15,16). The van der Waals surface area contributed by atoms with Crippen molar-refractivity contribution in [3.05, 3.63) is 21.5 Å². The van der Waals surface area contributed by atoms with E-state index in [1.54, 1.807) is 19.9 Å². The number of imidazole rings is 1. The molecule has 5 nitrogen and oxygen atoms in total. The van der Waals surface area contributed by atoms with Crippen molar-refractivity contribution in [2.24, 2.45) is 5.73 Å². The van der Waals surface area contributed by atoms with Gasteiger partial charge in [-0.3, -0.25) is 9.36 Å². The summed E-state index contributed by atoms with van der Waals surface area (Å²) in [5.74, 6) is -0.813. The summed E-state index contributed by atoms with van der Waals surface area (Å²) in [5, 5.41) is 0. The largest absolute Gasteiger partial charge is 0.369 e. The third-order valence-electron chi connectivity index (χ3n) is 2.88. The molecule has 18 heavy (non-hydrogen) atoms. The lowest BCUT2D eigenvalue weighted by atomic mass is 10.0. The van der Waals surface area contributed by atoms with Gasteiger partial charge in [0.15, 0.2) is 0 Å². The summed E-state index contributed by atoms with van der Waals surface area (Å²) < 4.78 is 15.5. The number of carbonyl (C=O) groups is 1. The van der Waals surface area contributed by atoms with E-state index in [9.17, 15) is 9.18 Å². The fraction of sp³-hybridized carbons (Fsp3) is 0.273. The van der Waals surface area contributed by atoms with Crippen LogP contribution in [-0.2, 0) is 10.3 Å². The maximum atomic E-state index is 13.6. The molecule has 0 aliphatic heterocycles. The average Bonchev–Trinajstić information content (AvgIpc) is 2.54. The van der Waals surface area contributed by atoms with Crippen molar-refractivity contribution < 1.29 is 9.18 Å². The summed E-state index contributed by atoms with van der Waals surface area (Å²) in [5.41, 5.74) is 11.1. The molecule has 0 aliphatic rings. The molecule has 1 amide bonds. The molecule has 4 N–H and O–H groups in total. The number of anilines is 1. The molecule has 0 saturated heterocycles. The van der Waals surface area contributed by atoms with Crippen molar-refractivity contribution in [1.29, 1.82) is 0 Å². The van der Waals surface area contributed by atoms with Gasteiger partial charge in [0.1, 0.15) is 11.4 Å². The van der Waals surface area contributed by atoms with Crippen molar-refractivity contribution >= 4 is 45.5 Å². The van der Waals surface area contributed by atoms with Gasteiger partial charge in [-0.15, -0.1) is 0 Å². The Morgan fingerprint density at radius 1 is 1.50 bits per heavy atom. The predicted molar refractivity (Wildman–Crippen MR) is 75.3 cm³/mol. The number of amides is 1. The van der Waals surface area contributed by atoms with E-state index in [-0.39, 0.29) is 11.8 Å². The van der Waals surface area contributed by atoms with Crippen LogP contribution in [0.15, 0.2) is 12.1 Å². The zero-order valence-corrected chi connectivity index (χ0v) is 12.0. The molecule has 1 aromatic carbocycles. The van der Waals surface area contributed by atoms with Crippen LogP contribution in [0.4, 0.5) is 10.3 Å². The highest BCUT2D eigenvalue weighted by molar-refractivity contribution is 14.1. The highest BCUT2D eigenvalue weighted by Gasteiger charge is 2.31. The Kier molecular flexibility index (Phi) is 2.96. The number of hydrogen-bond acceptors (Lipinski definition) is 3. The number of benzene rings is 1. The number of nitrogens with two attached hydrogens (primary N) is 2. The Bertz CT molecular complexity index is 650. The topological polar surface area (TPSA) is 86.9 Å². The van der Waals surface area contributed by atoms with E-state index in [0.29, 0.717) is 14.6 Å². The summed E-state index contributed by atoms with van der Waals surface area (Å²) in [6.07, 6.45) is 0. The van der Waals surface area contributed by atoms with Crippen LogP contribution in [0.1, 0.15) is 13.8 Å². The zero-order valence-electron chi connectivity index (χ0n) is 9.87. The number of carbonyl (C=O) groups excluding carboxylic acids is 1. The van der Waals surface area contributed by atoms with Crippen LogP contribution in [0.5, 0.6) is 0 Å². The molecule has 0 fully saturated rings. The van der Waals surface area contributed by atoms with Gasteiger partial charge in [-0.1, -0.05) is 0 Å². The van der Waals surface area contributed by atoms with Crippen LogP contribution in [0.2, 0.25) is 0 Å². The van der Waals surface area contributed by atoms with Crippen molar-refractivity contribution in [3.63, 3.8) is 0 Å². The normalized spacial score (nSPS) is 12.0. The Balaban J connectivity index is 2.83. The first-order valence-electron chi connectivity index (χ1n) is 5.18. The lowest BCUT2D eigenvalue weighted by molar-refractivity contribution is -0.124. The SMILES string of the molecule is CC(C)(C(N)=O)n1c(N)nc2cc(I)c(F)cc21. The Morgan fingerprint density at radius 3 is 2.67 bits per heavy atom. The summed E-state index contributed by atoms with van der Waals surface area (Å²) in [6, 6.07) is 2.89. The Labute approximate surface area is 116 Å². The maximum Gasteiger partial charge on any atom is 0.243 e. The van der Waals surface area contributed by atoms with Crippen LogP contribution in [-0.4, -0.2) is 15.5 Å². The van der Waals surface area contributed by atoms with E-state index in [2.05, 4.69) is 4.98 Å². The highest BCUT2D eigenvalue weighted by Crippen LogP contribution is 2.28. The van der Waals surface area contributed by atoms with Gasteiger partial charge in [0.05, 0.1) is 14.6 Å². The van der Waals surface area contributed by atoms with E-state index in [0.717, 1.165) is 0 Å². The molecule has 0 atom stereocenters. The highest BCUT2D eigenvalue weighted by atomic mass is 127. The van der Waals surface area contributed by atoms with E-state index in [1.165, 1.54) is 10.6 Å². The van der Waals surface area contributed by atoms with Crippen molar-refractivity contribution in [2.45, 2.75) is 19.4 Å². The molecule has 0 saturated carbocycles. The van der Waals surface area contributed by atoms with E-state index < -0.39 is 11.4 Å². The van der Waals surface area contributed by atoms with E-state index in [1.807, 2.05) is 22.6 Å². The summed E-state index contributed by atoms with van der Waals surface area (Å²) in [7, 11) is 0. The molecule has 0 unspecified atom stereocenters. The number of aromatic nitrogens is 2. The number of primary amides is 1. The minimum atomic E-state index is -1.07. The van der Waals surface area contributed by atoms with Crippen LogP contribution in [0, 0.1) is 9.39 Å². The number of halogens is 2. The Hall–Kier alpha value is -1.38. The van der Waals surface area contributed by atoms with Gasteiger partial charge < -0.3 is 11.5 Å². The lowest BCUT2D eigenvalue weighted by Gasteiger charge is -2.24. The molecule has 7 heteroatoms. The zero-order chi connectivity index (χ0) is 13.7. The van der Waals surface area contributed by atoms with Gasteiger partial charge in [0.2, 0.25) is 11.9 Å². The second-order valence-corrected chi connectivity index (χ2v) is 5.65. The second kappa shape index (κ2) is 4.08. The van der Waals surface area contributed by atoms with Gasteiger partial charge in [-0.25, -0.2) is 9.37 Å². The van der Waals surface area contributed by atoms with E-state index >= 15 is 0 Å². The summed E-state index contributed by atoms with van der Waals surface area (Å²) >= 11 is 1.87. The minimum Gasteiger partial charge on any atom is -0.369 e. The first-order chi connectivity index (χ1) is 8.25. The van der Waals surface area contributed by atoms with Gasteiger partial charge in [-0.05, 0) is 42.5 Å².